The first-order valence-corrected chi connectivity index (χ1v) is 8.01. The molecule has 1 aromatic rings. The van der Waals surface area contributed by atoms with Crippen molar-refractivity contribution in [1.82, 2.24) is 4.90 Å². The summed E-state index contributed by atoms with van der Waals surface area (Å²) >= 11 is 2.08. The molecule has 2 rings (SSSR count). The maximum atomic E-state index is 6.21. The van der Waals surface area contributed by atoms with E-state index in [4.69, 9.17) is 5.73 Å². The molecule has 0 saturated carbocycles. The van der Waals surface area contributed by atoms with Crippen molar-refractivity contribution >= 4 is 11.8 Å². The molecule has 1 saturated heterocycles. The minimum absolute atomic E-state index is 0.192. The molecule has 0 bridgehead atoms. The fourth-order valence-corrected chi connectivity index (χ4v) is 3.78. The molecule has 1 aromatic carbocycles. The molecule has 0 aromatic heterocycles. The summed E-state index contributed by atoms with van der Waals surface area (Å²) in [6, 6.07) is 11.4. The van der Waals surface area contributed by atoms with Gasteiger partial charge in [0, 0.05) is 17.8 Å². The third-order valence-electron chi connectivity index (χ3n) is 3.78. The largest absolute Gasteiger partial charge is 0.324 e. The van der Waals surface area contributed by atoms with Crippen molar-refractivity contribution in [3.8, 4) is 0 Å². The molecule has 100 valence electrons. The molecule has 0 amide bonds. The van der Waals surface area contributed by atoms with Crippen molar-refractivity contribution in [2.24, 2.45) is 5.73 Å². The Morgan fingerprint density at radius 3 is 2.83 bits per heavy atom. The normalized spacial score (nSPS) is 21.4. The molecular formula is C15H24N2S. The van der Waals surface area contributed by atoms with E-state index in [1.54, 1.807) is 0 Å². The molecule has 3 heteroatoms. The zero-order chi connectivity index (χ0) is 12.8. The maximum Gasteiger partial charge on any atom is 0.0295 e. The van der Waals surface area contributed by atoms with Crippen LogP contribution in [0.3, 0.4) is 0 Å². The van der Waals surface area contributed by atoms with E-state index in [9.17, 15) is 0 Å². The van der Waals surface area contributed by atoms with Crippen LogP contribution in [-0.2, 0) is 0 Å². The lowest BCUT2D eigenvalue weighted by Crippen LogP contribution is -2.32. The van der Waals surface area contributed by atoms with E-state index in [1.807, 2.05) is 6.07 Å². The van der Waals surface area contributed by atoms with Crippen LogP contribution in [0, 0.1) is 0 Å². The molecule has 1 heterocycles. The monoisotopic (exact) mass is 264 g/mol. The van der Waals surface area contributed by atoms with Crippen LogP contribution >= 0.6 is 11.8 Å². The summed E-state index contributed by atoms with van der Waals surface area (Å²) in [5, 5.41) is 0. The molecule has 0 spiro atoms. The highest BCUT2D eigenvalue weighted by atomic mass is 32.2. The Labute approximate surface area is 115 Å². The lowest BCUT2D eigenvalue weighted by atomic mass is 10.0. The Morgan fingerprint density at radius 1 is 1.39 bits per heavy atom. The first kappa shape index (κ1) is 13.9. The smallest absolute Gasteiger partial charge is 0.0295 e. The molecule has 18 heavy (non-hydrogen) atoms. The number of rotatable bonds is 6. The van der Waals surface area contributed by atoms with Gasteiger partial charge in [0.15, 0.2) is 0 Å². The summed E-state index contributed by atoms with van der Waals surface area (Å²) in [4.78, 5) is 2.51. The Balaban J connectivity index is 1.68. The van der Waals surface area contributed by atoms with Gasteiger partial charge in [-0.15, -0.1) is 0 Å². The van der Waals surface area contributed by atoms with E-state index < -0.39 is 0 Å². The van der Waals surface area contributed by atoms with Crippen molar-refractivity contribution in [3.63, 3.8) is 0 Å². The number of hydrogen-bond donors (Lipinski definition) is 1. The lowest BCUT2D eigenvalue weighted by Gasteiger charge is -2.24. The first-order valence-electron chi connectivity index (χ1n) is 6.86. The van der Waals surface area contributed by atoms with Gasteiger partial charge in [-0.05, 0) is 44.2 Å². The van der Waals surface area contributed by atoms with E-state index >= 15 is 0 Å². The molecule has 1 aliphatic rings. The minimum Gasteiger partial charge on any atom is -0.324 e. The molecule has 2 N–H and O–H groups in total. The van der Waals surface area contributed by atoms with Crippen molar-refractivity contribution in [2.45, 2.75) is 31.3 Å². The topological polar surface area (TPSA) is 29.3 Å². The van der Waals surface area contributed by atoms with Gasteiger partial charge < -0.3 is 10.6 Å². The fraction of sp³-hybridized carbons (Fsp3) is 0.600. The second kappa shape index (κ2) is 7.17. The van der Waals surface area contributed by atoms with Crippen LogP contribution in [0.25, 0.3) is 0 Å². The zero-order valence-electron chi connectivity index (χ0n) is 11.2. The fourth-order valence-electron chi connectivity index (χ4n) is 2.48. The minimum atomic E-state index is 0.192. The Kier molecular flexibility index (Phi) is 5.54. The van der Waals surface area contributed by atoms with Gasteiger partial charge in [-0.2, -0.15) is 11.8 Å². The van der Waals surface area contributed by atoms with Gasteiger partial charge in [0.25, 0.3) is 0 Å². The number of thioether (sulfide) groups is 1. The molecule has 0 aliphatic carbocycles. The van der Waals surface area contributed by atoms with Gasteiger partial charge in [0.05, 0.1) is 0 Å². The van der Waals surface area contributed by atoms with Crippen LogP contribution < -0.4 is 5.73 Å². The van der Waals surface area contributed by atoms with Crippen LogP contribution in [0.5, 0.6) is 0 Å². The summed E-state index contributed by atoms with van der Waals surface area (Å²) in [7, 11) is 2.25. The van der Waals surface area contributed by atoms with E-state index in [0.29, 0.717) is 0 Å². The van der Waals surface area contributed by atoms with Gasteiger partial charge in [-0.1, -0.05) is 30.3 Å². The van der Waals surface area contributed by atoms with Gasteiger partial charge in [-0.3, -0.25) is 0 Å². The third-order valence-corrected chi connectivity index (χ3v) is 4.93. The lowest BCUT2D eigenvalue weighted by molar-refractivity contribution is 0.255. The number of benzene rings is 1. The predicted octanol–water partition coefficient (Wildman–Crippen LogP) is 2.90. The number of nitrogens with zero attached hydrogens (tertiary/aromatic N) is 1. The van der Waals surface area contributed by atoms with Crippen LogP contribution in [0.4, 0.5) is 0 Å². The van der Waals surface area contributed by atoms with Crippen LogP contribution in [-0.4, -0.2) is 36.0 Å². The predicted molar refractivity (Wildman–Crippen MR) is 81.0 cm³/mol. The molecular weight excluding hydrogens is 240 g/mol. The Morgan fingerprint density at radius 2 is 2.17 bits per heavy atom. The van der Waals surface area contributed by atoms with Crippen molar-refractivity contribution in [3.05, 3.63) is 35.9 Å². The van der Waals surface area contributed by atoms with E-state index in [2.05, 4.69) is 48.0 Å². The van der Waals surface area contributed by atoms with Gasteiger partial charge in [-0.25, -0.2) is 0 Å². The van der Waals surface area contributed by atoms with E-state index in [1.165, 1.54) is 36.5 Å². The van der Waals surface area contributed by atoms with Gasteiger partial charge in [0.1, 0.15) is 0 Å². The summed E-state index contributed by atoms with van der Waals surface area (Å²) in [5.41, 5.74) is 7.47. The van der Waals surface area contributed by atoms with E-state index in [-0.39, 0.29) is 6.04 Å². The molecule has 2 atom stereocenters. The average molecular weight is 264 g/mol. The van der Waals surface area contributed by atoms with Crippen LogP contribution in [0.15, 0.2) is 30.3 Å². The number of hydrogen-bond acceptors (Lipinski definition) is 3. The second-order valence-corrected chi connectivity index (χ2v) is 6.31. The molecule has 2 unspecified atom stereocenters. The zero-order valence-corrected chi connectivity index (χ0v) is 12.0. The molecule has 0 radical (unpaired) electrons. The summed E-state index contributed by atoms with van der Waals surface area (Å²) in [6.45, 7) is 1.17. The highest BCUT2D eigenvalue weighted by Gasteiger charge is 2.19. The van der Waals surface area contributed by atoms with Crippen molar-refractivity contribution in [2.75, 3.05) is 25.1 Å². The average Bonchev–Trinajstić information content (AvgIpc) is 2.93. The standard InChI is InChI=1S/C15H24N2S/c1-17(14-9-11-18-12-14)10-5-8-15(16)13-6-3-2-4-7-13/h2-4,6-7,14-15H,5,8-12,16H2,1H3. The molecule has 1 fully saturated rings. The highest BCUT2D eigenvalue weighted by molar-refractivity contribution is 7.99. The number of nitrogens with two attached hydrogens (primary N) is 1. The van der Waals surface area contributed by atoms with Gasteiger partial charge >= 0.3 is 0 Å². The SMILES string of the molecule is CN(CCCC(N)c1ccccc1)C1CCSC1. The van der Waals surface area contributed by atoms with E-state index in [0.717, 1.165) is 12.5 Å². The summed E-state index contributed by atoms with van der Waals surface area (Å²) < 4.78 is 0. The maximum absolute atomic E-state index is 6.21. The highest BCUT2D eigenvalue weighted by Crippen LogP contribution is 2.22. The Hall–Kier alpha value is -0.510. The summed E-state index contributed by atoms with van der Waals surface area (Å²) in [5.74, 6) is 2.64. The summed E-state index contributed by atoms with van der Waals surface area (Å²) in [6.07, 6.45) is 3.62. The quantitative estimate of drug-likeness (QED) is 0.856. The molecule has 2 nitrogen and oxygen atoms in total. The first-order chi connectivity index (χ1) is 8.77. The Bertz CT molecular complexity index is 336. The third kappa shape index (κ3) is 4.01. The van der Waals surface area contributed by atoms with Crippen molar-refractivity contribution in [1.29, 1.82) is 0 Å². The molecule has 1 aliphatic heterocycles. The van der Waals surface area contributed by atoms with Gasteiger partial charge in [0.2, 0.25) is 0 Å². The van der Waals surface area contributed by atoms with Crippen molar-refractivity contribution < 1.29 is 0 Å². The van der Waals surface area contributed by atoms with Crippen LogP contribution in [0.2, 0.25) is 0 Å². The van der Waals surface area contributed by atoms with Crippen LogP contribution in [0.1, 0.15) is 30.9 Å². The second-order valence-electron chi connectivity index (χ2n) is 5.16.